The fourth-order valence-corrected chi connectivity index (χ4v) is 2.10. The van der Waals surface area contributed by atoms with Crippen molar-refractivity contribution in [1.82, 2.24) is 4.98 Å². The molecule has 0 aliphatic carbocycles. The highest BCUT2D eigenvalue weighted by molar-refractivity contribution is 5.56. The minimum atomic E-state index is 0.877. The predicted molar refractivity (Wildman–Crippen MR) is 75.4 cm³/mol. The van der Waals surface area contributed by atoms with Crippen LogP contribution in [0.15, 0.2) is 79.3 Å². The van der Waals surface area contributed by atoms with Crippen molar-refractivity contribution < 1.29 is 4.57 Å². The summed E-state index contributed by atoms with van der Waals surface area (Å²) in [7, 11) is 0. The van der Waals surface area contributed by atoms with Crippen molar-refractivity contribution in [1.29, 1.82) is 0 Å². The molecule has 2 aromatic heterocycles. The van der Waals surface area contributed by atoms with Crippen molar-refractivity contribution >= 4 is 0 Å². The molecule has 0 N–H and O–H groups in total. The Balaban J connectivity index is 1.89. The molecule has 0 saturated carbocycles. The van der Waals surface area contributed by atoms with E-state index >= 15 is 0 Å². The summed E-state index contributed by atoms with van der Waals surface area (Å²) in [5, 5.41) is 0. The van der Waals surface area contributed by atoms with Crippen molar-refractivity contribution in [2.24, 2.45) is 0 Å². The Morgan fingerprint density at radius 3 is 2.47 bits per heavy atom. The lowest BCUT2D eigenvalue weighted by atomic mass is 10.2. The summed E-state index contributed by atoms with van der Waals surface area (Å²) in [4.78, 5) is 4.38. The maximum atomic E-state index is 4.38. The van der Waals surface area contributed by atoms with Gasteiger partial charge in [-0.15, -0.1) is 0 Å². The summed E-state index contributed by atoms with van der Waals surface area (Å²) in [5.74, 6) is 0. The smallest absolute Gasteiger partial charge is 0.178 e. The zero-order valence-corrected chi connectivity index (χ0v) is 10.6. The molecule has 1 aromatic carbocycles. The highest BCUT2D eigenvalue weighted by atomic mass is 14.9. The molecule has 0 aliphatic rings. The van der Waals surface area contributed by atoms with E-state index in [-0.39, 0.29) is 0 Å². The molecule has 19 heavy (non-hydrogen) atoms. The molecule has 0 saturated heterocycles. The van der Waals surface area contributed by atoms with Gasteiger partial charge in [0.25, 0.3) is 0 Å². The fourth-order valence-electron chi connectivity index (χ4n) is 2.10. The Hall–Kier alpha value is -2.48. The van der Waals surface area contributed by atoms with E-state index in [9.17, 15) is 0 Å². The summed E-state index contributed by atoms with van der Waals surface area (Å²) < 4.78 is 2.18. The first-order valence-corrected chi connectivity index (χ1v) is 6.36. The number of benzene rings is 1. The molecule has 0 unspecified atom stereocenters. The number of nitrogens with zero attached hydrogens (tertiary/aromatic N) is 2. The summed E-state index contributed by atoms with van der Waals surface area (Å²) in [5.41, 5.74) is 3.44. The average Bonchev–Trinajstić information content (AvgIpc) is 2.49. The van der Waals surface area contributed by atoms with Gasteiger partial charge in [0.05, 0.1) is 11.3 Å². The van der Waals surface area contributed by atoms with Crippen LogP contribution in [0.25, 0.3) is 11.3 Å². The van der Waals surface area contributed by atoms with E-state index < -0.39 is 0 Å². The Labute approximate surface area is 113 Å². The van der Waals surface area contributed by atoms with E-state index in [0.717, 1.165) is 17.8 Å². The molecule has 2 nitrogen and oxygen atoms in total. The Bertz CT molecular complexity index is 648. The van der Waals surface area contributed by atoms with Crippen LogP contribution in [0.2, 0.25) is 0 Å². The second-order valence-corrected chi connectivity index (χ2v) is 4.47. The van der Waals surface area contributed by atoms with E-state index in [1.54, 1.807) is 0 Å². The van der Waals surface area contributed by atoms with Gasteiger partial charge in [-0.2, -0.15) is 0 Å². The van der Waals surface area contributed by atoms with Crippen LogP contribution in [-0.2, 0) is 6.54 Å². The molecular weight excluding hydrogens is 232 g/mol. The topological polar surface area (TPSA) is 16.8 Å². The van der Waals surface area contributed by atoms with Crippen molar-refractivity contribution in [2.75, 3.05) is 0 Å². The molecule has 0 amide bonds. The number of pyridine rings is 2. The maximum Gasteiger partial charge on any atom is 0.178 e. The van der Waals surface area contributed by atoms with Crippen LogP contribution >= 0.6 is 0 Å². The third-order valence-corrected chi connectivity index (χ3v) is 3.03. The van der Waals surface area contributed by atoms with E-state index in [2.05, 4.69) is 58.3 Å². The number of aromatic nitrogens is 2. The molecule has 0 spiro atoms. The van der Waals surface area contributed by atoms with Gasteiger partial charge in [-0.25, -0.2) is 4.57 Å². The van der Waals surface area contributed by atoms with Crippen LogP contribution in [0, 0.1) is 0 Å². The predicted octanol–water partition coefficient (Wildman–Crippen LogP) is 3.08. The number of hydrogen-bond acceptors (Lipinski definition) is 1. The molecule has 2 heteroatoms. The lowest BCUT2D eigenvalue weighted by molar-refractivity contribution is -0.687. The normalized spacial score (nSPS) is 10.3. The summed E-state index contributed by atoms with van der Waals surface area (Å²) in [6.45, 7) is 0.877. The minimum Gasteiger partial charge on any atom is -0.256 e. The molecule has 92 valence electrons. The standard InChI is InChI=1S/C17H15N2/c1-2-7-15(8-3-1)13-19-12-6-9-16(14-19)17-10-4-5-11-18-17/h1-12,14H,13H2/q+1. The van der Waals surface area contributed by atoms with Gasteiger partial charge in [0, 0.05) is 17.8 Å². The lowest BCUT2D eigenvalue weighted by Crippen LogP contribution is -2.33. The maximum absolute atomic E-state index is 4.38. The van der Waals surface area contributed by atoms with Gasteiger partial charge in [-0.3, -0.25) is 4.98 Å². The van der Waals surface area contributed by atoms with Gasteiger partial charge in [-0.1, -0.05) is 36.4 Å². The van der Waals surface area contributed by atoms with E-state index in [0.29, 0.717) is 0 Å². The van der Waals surface area contributed by atoms with Crippen molar-refractivity contribution in [3.63, 3.8) is 0 Å². The summed E-state index contributed by atoms with van der Waals surface area (Å²) >= 11 is 0. The van der Waals surface area contributed by atoms with Crippen LogP contribution in [0.1, 0.15) is 5.56 Å². The molecule has 0 aliphatic heterocycles. The number of hydrogen-bond donors (Lipinski definition) is 0. The van der Waals surface area contributed by atoms with Crippen LogP contribution in [-0.4, -0.2) is 4.98 Å². The van der Waals surface area contributed by atoms with Gasteiger partial charge in [0.1, 0.15) is 0 Å². The van der Waals surface area contributed by atoms with Crippen LogP contribution < -0.4 is 4.57 Å². The molecular formula is C17H15N2+. The zero-order chi connectivity index (χ0) is 12.9. The first-order chi connectivity index (χ1) is 9.42. The monoisotopic (exact) mass is 247 g/mol. The highest BCUT2D eigenvalue weighted by Gasteiger charge is 2.06. The van der Waals surface area contributed by atoms with Crippen LogP contribution in [0.3, 0.4) is 0 Å². The second-order valence-electron chi connectivity index (χ2n) is 4.47. The Kier molecular flexibility index (Phi) is 3.32. The molecule has 2 heterocycles. The van der Waals surface area contributed by atoms with Crippen molar-refractivity contribution in [3.8, 4) is 11.3 Å². The van der Waals surface area contributed by atoms with E-state index in [1.807, 2.05) is 30.5 Å². The first kappa shape index (κ1) is 11.6. The van der Waals surface area contributed by atoms with E-state index in [4.69, 9.17) is 0 Å². The molecule has 3 rings (SSSR count). The quantitative estimate of drug-likeness (QED) is 0.650. The summed E-state index contributed by atoms with van der Waals surface area (Å²) in [6, 6.07) is 20.6. The van der Waals surface area contributed by atoms with Gasteiger partial charge in [0.2, 0.25) is 0 Å². The molecule has 0 bridgehead atoms. The Morgan fingerprint density at radius 2 is 1.68 bits per heavy atom. The fraction of sp³-hybridized carbons (Fsp3) is 0.0588. The third-order valence-electron chi connectivity index (χ3n) is 3.03. The van der Waals surface area contributed by atoms with Gasteiger partial charge in [0.15, 0.2) is 18.9 Å². The number of rotatable bonds is 3. The highest BCUT2D eigenvalue weighted by Crippen LogP contribution is 2.13. The first-order valence-electron chi connectivity index (χ1n) is 6.36. The lowest BCUT2D eigenvalue weighted by Gasteiger charge is -2.01. The largest absolute Gasteiger partial charge is 0.256 e. The van der Waals surface area contributed by atoms with Crippen LogP contribution in [0.5, 0.6) is 0 Å². The Morgan fingerprint density at radius 1 is 0.842 bits per heavy atom. The molecule has 0 atom stereocenters. The molecule has 0 radical (unpaired) electrons. The van der Waals surface area contributed by atoms with Crippen molar-refractivity contribution in [3.05, 3.63) is 84.8 Å². The SMILES string of the molecule is c1ccc(C[n+]2cccc(-c3ccccn3)c2)cc1. The van der Waals surface area contributed by atoms with Crippen molar-refractivity contribution in [2.45, 2.75) is 6.54 Å². The second kappa shape index (κ2) is 5.44. The van der Waals surface area contributed by atoms with Gasteiger partial charge >= 0.3 is 0 Å². The third kappa shape index (κ3) is 2.86. The minimum absolute atomic E-state index is 0.877. The molecule has 0 fully saturated rings. The average molecular weight is 247 g/mol. The molecule has 3 aromatic rings. The van der Waals surface area contributed by atoms with Gasteiger partial charge < -0.3 is 0 Å². The van der Waals surface area contributed by atoms with Gasteiger partial charge in [-0.05, 0) is 18.2 Å². The summed E-state index contributed by atoms with van der Waals surface area (Å²) in [6.07, 6.45) is 6.04. The van der Waals surface area contributed by atoms with Crippen LogP contribution in [0.4, 0.5) is 0 Å². The zero-order valence-electron chi connectivity index (χ0n) is 10.6. The van der Waals surface area contributed by atoms with E-state index in [1.165, 1.54) is 5.56 Å².